The molecule has 34 valence electrons. The molecule has 0 fully saturated rings. The van der Waals surface area contributed by atoms with E-state index in [1.54, 1.807) is 0 Å². The molecule has 0 aliphatic rings. The van der Waals surface area contributed by atoms with Crippen LogP contribution in [-0.2, 0) is 0 Å². The first kappa shape index (κ1) is 10.9. The Bertz CT molecular complexity index is 57.7. The molecule has 0 aromatic carbocycles. The normalized spacial score (nSPS) is 5.14. The van der Waals surface area contributed by atoms with Gasteiger partial charge in [-0.25, -0.2) is 0 Å². The zero-order valence-electron chi connectivity index (χ0n) is 3.87. The van der Waals surface area contributed by atoms with Crippen LogP contribution in [0.2, 0.25) is 0 Å². The van der Waals surface area contributed by atoms with E-state index in [9.17, 15) is 0 Å². The summed E-state index contributed by atoms with van der Waals surface area (Å²) in [6, 6.07) is 0. The van der Waals surface area contributed by atoms with Crippen molar-refractivity contribution in [2.45, 2.75) is 0 Å². The van der Waals surface area contributed by atoms with Crippen LogP contribution < -0.4 is 0 Å². The van der Waals surface area contributed by atoms with Crippen LogP contribution in [0.3, 0.4) is 0 Å². The summed E-state index contributed by atoms with van der Waals surface area (Å²) in [5.41, 5.74) is 0. The summed E-state index contributed by atoms with van der Waals surface area (Å²) >= 11 is 0.410. The monoisotopic (exact) mass is 127 g/mol. The molecule has 0 rings (SSSR count). The van der Waals surface area contributed by atoms with Crippen molar-refractivity contribution in [1.82, 2.24) is 0 Å². The predicted molar refractivity (Wildman–Crippen MR) is 23.8 cm³/mol. The van der Waals surface area contributed by atoms with Crippen molar-refractivity contribution in [2.24, 2.45) is 0 Å². The quantitative estimate of drug-likeness (QED) is 0.316. The van der Waals surface area contributed by atoms with E-state index in [1.807, 2.05) is 0.164 Å². The molecule has 0 atom stereocenters. The Balaban J connectivity index is 0. The van der Waals surface area contributed by atoms with Crippen LogP contribution in [0.1, 0.15) is 0 Å². The van der Waals surface area contributed by atoms with Gasteiger partial charge in [-0.1, -0.05) is 0 Å². The summed E-state index contributed by atoms with van der Waals surface area (Å²) in [5.74, 6) is 0. The topological polar surface area (TPSA) is 84.5 Å². The molecule has 0 amide bonds. The van der Waals surface area contributed by atoms with Gasteiger partial charge in [0, 0.05) is 0 Å². The zero-order valence-corrected chi connectivity index (χ0v) is 6.99. The Morgan fingerprint density at radius 1 is 1.43 bits per heavy atom. The van der Waals surface area contributed by atoms with Gasteiger partial charge in [-0.05, 0) is 0 Å². The van der Waals surface area contributed by atoms with Crippen molar-refractivity contribution >= 4 is 56.3 Å². The molecule has 0 aromatic heterocycles. The Hall–Kier alpha value is 1.07. The average molecular weight is 127 g/mol. The maximum atomic E-state index is 7.40. The first-order valence-electron chi connectivity index (χ1n) is 1.50. The largest absolute Gasteiger partial charge is 0.631 e. The van der Waals surface area contributed by atoms with Crippen molar-refractivity contribution in [1.29, 1.82) is 5.26 Å². The zero-order chi connectivity index (χ0) is 6.28. The van der Waals surface area contributed by atoms with Crippen molar-refractivity contribution < 1.29 is 15.1 Å². The van der Waals surface area contributed by atoms with Crippen molar-refractivity contribution in [3.63, 3.8) is 0 Å². The second-order valence-electron chi connectivity index (χ2n) is 0.570. The summed E-state index contributed by atoms with van der Waals surface area (Å²) in [6.07, 6.45) is 0. The molecule has 0 aliphatic carbocycles. The molecule has 0 spiro atoms. The Kier molecular flexibility index (Phi) is 15.9. The van der Waals surface area contributed by atoms with E-state index in [1.165, 1.54) is 0 Å². The molecule has 0 aliphatic heterocycles. The van der Waals surface area contributed by atoms with Gasteiger partial charge in [-0.2, -0.15) is 0 Å². The molecular weight excluding hydrogens is 124 g/mol. The second kappa shape index (κ2) is 10.1. The fourth-order valence-corrected chi connectivity index (χ4v) is 0. The Labute approximate surface area is 75.5 Å². The van der Waals surface area contributed by atoms with E-state index in [0.717, 1.165) is 0 Å². The van der Waals surface area contributed by atoms with Gasteiger partial charge in [0.1, 0.15) is 0 Å². The molecule has 0 bridgehead atoms. The van der Waals surface area contributed by atoms with E-state index in [4.69, 9.17) is 20.3 Å². The fourth-order valence-electron chi connectivity index (χ4n) is 0. The third kappa shape index (κ3) is 158. The molecule has 3 N–H and O–H groups in total. The van der Waals surface area contributed by atoms with Crippen LogP contribution in [-0.4, -0.2) is 71.3 Å². The molecule has 0 saturated carbocycles. The Morgan fingerprint density at radius 3 is 1.43 bits per heavy atom. The average Bonchev–Trinajstić information content (AvgIpc) is 1.33. The minimum absolute atomic E-state index is 0.410. The number of hydrogen-bond acceptors (Lipinski definition) is 4. The molecule has 7 heavy (non-hydrogen) atoms. The summed E-state index contributed by atoms with van der Waals surface area (Å²) in [5, 5.41) is 28.9. The molecule has 0 unspecified atom stereocenters. The van der Waals surface area contributed by atoms with Crippen LogP contribution in [0.5, 0.6) is 0 Å². The minimum atomic E-state index is -2.17. The van der Waals surface area contributed by atoms with Crippen LogP contribution >= 0.6 is 0 Å². The SMILES string of the molecule is N#[C][K].OB(O)O. The number of rotatable bonds is 0. The molecule has 4 nitrogen and oxygen atoms in total. The minimum Gasteiger partial charge on any atom is -0.402 e. The number of nitriles is 1. The van der Waals surface area contributed by atoms with Gasteiger partial charge in [0.15, 0.2) is 0 Å². The molecule has 0 aromatic rings. The second-order valence-corrected chi connectivity index (χ2v) is 1.27. The van der Waals surface area contributed by atoms with E-state index < -0.39 is 7.32 Å². The van der Waals surface area contributed by atoms with E-state index >= 15 is 0 Å². The van der Waals surface area contributed by atoms with Gasteiger partial charge in [0.05, 0.1) is 0 Å². The summed E-state index contributed by atoms with van der Waals surface area (Å²) in [4.78, 5) is 0. The first-order valence-corrected chi connectivity index (χ1v) is 3.06. The van der Waals surface area contributed by atoms with Gasteiger partial charge in [0.25, 0.3) is 0 Å². The van der Waals surface area contributed by atoms with Gasteiger partial charge < -0.3 is 15.1 Å². The Morgan fingerprint density at radius 2 is 1.43 bits per heavy atom. The third-order valence-electron chi connectivity index (χ3n) is 0. The molecule has 0 saturated heterocycles. The fraction of sp³-hybridized carbons (Fsp3) is 0. The van der Waals surface area contributed by atoms with Gasteiger partial charge in [-0.15, -0.1) is 0 Å². The maximum Gasteiger partial charge on any atom is 0.631 e. The summed E-state index contributed by atoms with van der Waals surface area (Å²) < 4.78 is 1.94. The van der Waals surface area contributed by atoms with Crippen LogP contribution in [0.25, 0.3) is 0 Å². The first-order chi connectivity index (χ1) is 3.15. The smallest absolute Gasteiger partial charge is 0.402 e. The van der Waals surface area contributed by atoms with E-state index in [0.29, 0.717) is 49.0 Å². The molecule has 0 heterocycles. The van der Waals surface area contributed by atoms with Crippen LogP contribution in [0.4, 0.5) is 0 Å². The van der Waals surface area contributed by atoms with Crippen molar-refractivity contribution in [2.75, 3.05) is 0 Å². The number of hydrogen-bond donors (Lipinski definition) is 3. The standard InChI is InChI=1S/CN.BH3O3.K/c1-2;2-1(3)4;/h;2-4H;. The molecule has 0 radical (unpaired) electrons. The van der Waals surface area contributed by atoms with Crippen LogP contribution in [0, 0.1) is 5.43 Å². The van der Waals surface area contributed by atoms with Gasteiger partial charge in [0.2, 0.25) is 0 Å². The molecule has 6 heteroatoms. The van der Waals surface area contributed by atoms with Gasteiger partial charge >= 0.3 is 61.7 Å². The number of nitrogens with zero attached hydrogens (tertiary/aromatic N) is 1. The summed E-state index contributed by atoms with van der Waals surface area (Å²) in [7, 11) is -2.17. The maximum absolute atomic E-state index is 7.40. The van der Waals surface area contributed by atoms with Crippen molar-refractivity contribution in [3.05, 3.63) is 0 Å². The van der Waals surface area contributed by atoms with Crippen molar-refractivity contribution in [3.8, 4) is 0.164 Å². The molecular formula is CH3BKNO3. The third-order valence-corrected chi connectivity index (χ3v) is 0. The van der Waals surface area contributed by atoms with E-state index in [-0.39, 0.29) is 0 Å². The van der Waals surface area contributed by atoms with Crippen LogP contribution in [0.15, 0.2) is 0 Å². The van der Waals surface area contributed by atoms with Gasteiger partial charge in [-0.3, -0.25) is 0 Å². The van der Waals surface area contributed by atoms with E-state index in [2.05, 4.69) is 0 Å². The summed E-state index contributed by atoms with van der Waals surface area (Å²) in [6.45, 7) is 0. The predicted octanol–water partition coefficient (Wildman–Crippen LogP) is -2.42.